The molecule has 2 N–H and O–H groups in total. The topological polar surface area (TPSA) is 108 Å². The quantitative estimate of drug-likeness (QED) is 0.569. The van der Waals surface area contributed by atoms with Gasteiger partial charge in [-0.05, 0) is 0 Å². The van der Waals surface area contributed by atoms with Crippen LogP contribution in [0.3, 0.4) is 0 Å². The maximum atomic E-state index is 11.5. The fourth-order valence-electron chi connectivity index (χ4n) is 1.33. The van der Waals surface area contributed by atoms with Gasteiger partial charge in [-0.1, -0.05) is 0 Å². The summed E-state index contributed by atoms with van der Waals surface area (Å²) >= 11 is 0. The van der Waals surface area contributed by atoms with Crippen molar-refractivity contribution in [1.29, 1.82) is 0 Å². The number of ether oxygens (including phenoxy) is 1. The molecule has 0 bridgehead atoms. The Labute approximate surface area is 96.7 Å². The highest BCUT2D eigenvalue weighted by Crippen LogP contribution is 2.12. The molecule has 0 aliphatic carbocycles. The minimum atomic E-state index is -1.42. The van der Waals surface area contributed by atoms with Crippen molar-refractivity contribution in [3.8, 4) is 0 Å². The van der Waals surface area contributed by atoms with Crippen LogP contribution in [0.2, 0.25) is 0 Å². The summed E-state index contributed by atoms with van der Waals surface area (Å²) in [7, 11) is 3.65. The Hall–Kier alpha value is -2.32. The summed E-state index contributed by atoms with van der Waals surface area (Å²) in [6.07, 6.45) is -1.42. The maximum Gasteiger partial charge on any atom is 0.350 e. The molecule has 0 spiro atoms. The minimum Gasteiger partial charge on any atom is -0.466 e. The van der Waals surface area contributed by atoms with Gasteiger partial charge in [0, 0.05) is 14.1 Å². The Morgan fingerprint density at radius 2 is 1.94 bits per heavy atom. The number of urea groups is 3. The van der Waals surface area contributed by atoms with Gasteiger partial charge in [0.2, 0.25) is 6.17 Å². The van der Waals surface area contributed by atoms with Gasteiger partial charge in [0.25, 0.3) is 0 Å². The van der Waals surface area contributed by atoms with Gasteiger partial charge < -0.3 is 10.1 Å². The largest absolute Gasteiger partial charge is 0.466 e. The van der Waals surface area contributed by atoms with Gasteiger partial charge in [-0.15, -0.1) is 0 Å². The second-order valence-electron chi connectivity index (χ2n) is 3.17. The van der Waals surface area contributed by atoms with E-state index in [1.165, 1.54) is 14.1 Å². The number of methoxy groups -OCH3 is 1. The number of amides is 6. The van der Waals surface area contributed by atoms with Crippen LogP contribution in [0, 0.1) is 0 Å². The molecule has 1 atom stereocenters. The van der Waals surface area contributed by atoms with Crippen molar-refractivity contribution in [1.82, 2.24) is 20.4 Å². The van der Waals surface area contributed by atoms with E-state index >= 15 is 0 Å². The lowest BCUT2D eigenvalue weighted by molar-refractivity contribution is -0.150. The summed E-state index contributed by atoms with van der Waals surface area (Å²) in [6, 6.07) is -2.59. The molecular formula is C8H12N4O5. The van der Waals surface area contributed by atoms with Gasteiger partial charge in [0.05, 0.1) is 7.11 Å². The van der Waals surface area contributed by atoms with E-state index in [1.807, 2.05) is 5.32 Å². The zero-order valence-electron chi connectivity index (χ0n) is 9.51. The van der Waals surface area contributed by atoms with E-state index in [4.69, 9.17) is 0 Å². The third-order valence-electron chi connectivity index (χ3n) is 2.21. The monoisotopic (exact) mass is 244 g/mol. The summed E-state index contributed by atoms with van der Waals surface area (Å²) in [5, 5.41) is 4.10. The average molecular weight is 244 g/mol. The molecule has 0 aromatic heterocycles. The van der Waals surface area contributed by atoms with Crippen molar-refractivity contribution in [2.75, 3.05) is 21.2 Å². The molecule has 9 nitrogen and oxygen atoms in total. The molecule has 1 fully saturated rings. The lowest BCUT2D eigenvalue weighted by atomic mass is 10.3. The lowest BCUT2D eigenvalue weighted by Gasteiger charge is -2.37. The Balaban J connectivity index is 3.12. The number of nitrogens with zero attached hydrogens (tertiary/aromatic N) is 2. The predicted octanol–water partition coefficient (Wildman–Crippen LogP) is -1.10. The molecule has 94 valence electrons. The van der Waals surface area contributed by atoms with Crippen molar-refractivity contribution in [2.24, 2.45) is 0 Å². The third-order valence-corrected chi connectivity index (χ3v) is 2.21. The lowest BCUT2D eigenvalue weighted by Crippen LogP contribution is -2.69. The van der Waals surface area contributed by atoms with Gasteiger partial charge in [-0.2, -0.15) is 0 Å². The highest BCUT2D eigenvalue weighted by atomic mass is 16.5. The second kappa shape index (κ2) is 4.68. The number of esters is 1. The summed E-state index contributed by atoms with van der Waals surface area (Å²) in [5.74, 6) is -0.890. The van der Waals surface area contributed by atoms with Crippen molar-refractivity contribution < 1.29 is 23.9 Å². The molecule has 1 aliphatic rings. The summed E-state index contributed by atoms with van der Waals surface area (Å²) in [6.45, 7) is 0. The summed E-state index contributed by atoms with van der Waals surface area (Å²) in [5.41, 5.74) is 0. The molecule has 6 amide bonds. The standard InChI is InChI=1S/C8H12N4O5/c1-9-6(14)12-4(5(13)17-3)11(2)7(15)10-8(12)16/h4H,1-3H3,(H,9,14)(H,10,15,16)/t4-/m0/s1. The molecule has 9 heteroatoms. The van der Waals surface area contributed by atoms with E-state index in [1.54, 1.807) is 0 Å². The van der Waals surface area contributed by atoms with Crippen LogP contribution in [0.4, 0.5) is 14.4 Å². The van der Waals surface area contributed by atoms with Crippen molar-refractivity contribution in [3.63, 3.8) is 0 Å². The van der Waals surface area contributed by atoms with Crippen LogP contribution >= 0.6 is 0 Å². The Kier molecular flexibility index (Phi) is 3.51. The molecule has 0 radical (unpaired) electrons. The SMILES string of the molecule is CNC(=O)N1C(=O)NC(=O)N(C)[C@@H]1C(=O)OC. The zero-order chi connectivity index (χ0) is 13.2. The molecule has 1 saturated heterocycles. The number of imide groups is 2. The van der Waals surface area contributed by atoms with Gasteiger partial charge in [0.1, 0.15) is 0 Å². The van der Waals surface area contributed by atoms with Gasteiger partial charge in [-0.25, -0.2) is 24.1 Å². The van der Waals surface area contributed by atoms with Crippen molar-refractivity contribution >= 4 is 24.1 Å². The number of rotatable bonds is 1. The van der Waals surface area contributed by atoms with Crippen molar-refractivity contribution in [2.45, 2.75) is 6.17 Å². The second-order valence-corrected chi connectivity index (χ2v) is 3.17. The highest BCUT2D eigenvalue weighted by Gasteiger charge is 2.45. The predicted molar refractivity (Wildman–Crippen MR) is 53.8 cm³/mol. The average Bonchev–Trinajstić information content (AvgIpc) is 2.31. The Morgan fingerprint density at radius 1 is 1.35 bits per heavy atom. The van der Waals surface area contributed by atoms with E-state index in [0.29, 0.717) is 4.90 Å². The van der Waals surface area contributed by atoms with Crippen molar-refractivity contribution in [3.05, 3.63) is 0 Å². The highest BCUT2D eigenvalue weighted by molar-refractivity contribution is 6.07. The van der Waals surface area contributed by atoms with E-state index in [0.717, 1.165) is 12.0 Å². The first-order valence-corrected chi connectivity index (χ1v) is 4.60. The van der Waals surface area contributed by atoms with Crippen LogP contribution in [0.25, 0.3) is 0 Å². The molecule has 1 aliphatic heterocycles. The van der Waals surface area contributed by atoms with Crippen LogP contribution in [-0.2, 0) is 9.53 Å². The fraction of sp³-hybridized carbons (Fsp3) is 0.500. The zero-order valence-corrected chi connectivity index (χ0v) is 9.51. The number of nitrogens with one attached hydrogen (secondary N) is 2. The molecule has 0 unspecified atom stereocenters. The first-order valence-electron chi connectivity index (χ1n) is 4.60. The molecule has 1 rings (SSSR count). The Bertz CT molecular complexity index is 382. The van der Waals surface area contributed by atoms with Crippen LogP contribution < -0.4 is 10.6 Å². The number of likely N-dealkylation sites (N-methyl/N-ethyl adjacent to an activating group) is 1. The normalized spacial score (nSPS) is 19.8. The summed E-state index contributed by atoms with van der Waals surface area (Å²) < 4.78 is 4.45. The third kappa shape index (κ3) is 2.12. The molecule has 1 heterocycles. The van der Waals surface area contributed by atoms with Crippen LogP contribution in [0.15, 0.2) is 0 Å². The summed E-state index contributed by atoms with van der Waals surface area (Å²) in [4.78, 5) is 47.2. The van der Waals surface area contributed by atoms with E-state index in [9.17, 15) is 19.2 Å². The number of hydrogen-bond acceptors (Lipinski definition) is 5. The molecule has 0 aromatic rings. The Morgan fingerprint density at radius 3 is 2.41 bits per heavy atom. The van der Waals surface area contributed by atoms with E-state index < -0.39 is 30.2 Å². The smallest absolute Gasteiger partial charge is 0.350 e. The maximum absolute atomic E-state index is 11.5. The van der Waals surface area contributed by atoms with Crippen LogP contribution in [0.5, 0.6) is 0 Å². The number of hydrogen-bond donors (Lipinski definition) is 2. The minimum absolute atomic E-state index is 0.563. The first kappa shape index (κ1) is 12.7. The molecule has 0 saturated carbocycles. The van der Waals surface area contributed by atoms with Crippen LogP contribution in [-0.4, -0.2) is 61.2 Å². The molecule has 17 heavy (non-hydrogen) atoms. The van der Waals surface area contributed by atoms with E-state index in [-0.39, 0.29) is 0 Å². The van der Waals surface area contributed by atoms with Gasteiger partial charge >= 0.3 is 24.1 Å². The van der Waals surface area contributed by atoms with Gasteiger partial charge in [0.15, 0.2) is 0 Å². The first-order chi connectivity index (χ1) is 7.93. The van der Waals surface area contributed by atoms with E-state index in [2.05, 4.69) is 10.1 Å². The number of carbonyl (C=O) groups excluding carboxylic acids is 4. The number of carbonyl (C=O) groups is 4. The fourth-order valence-corrected chi connectivity index (χ4v) is 1.33. The molecule has 0 aromatic carbocycles. The molecular weight excluding hydrogens is 232 g/mol. The van der Waals surface area contributed by atoms with Crippen LogP contribution in [0.1, 0.15) is 0 Å². The van der Waals surface area contributed by atoms with Gasteiger partial charge in [-0.3, -0.25) is 10.2 Å².